The Balaban J connectivity index is 2.37. The Hall–Kier alpha value is -2.19. The number of nitrogens with zero attached hydrogens (tertiary/aromatic N) is 2. The van der Waals surface area contributed by atoms with Gasteiger partial charge in [-0.05, 0) is 31.5 Å². The first-order valence-corrected chi connectivity index (χ1v) is 7.69. The maximum Gasteiger partial charge on any atom is 0.259 e. The van der Waals surface area contributed by atoms with Crippen LogP contribution in [-0.2, 0) is 17.1 Å². The van der Waals surface area contributed by atoms with Gasteiger partial charge >= 0.3 is 0 Å². The molecule has 0 spiro atoms. The molecule has 0 unspecified atom stereocenters. The van der Waals surface area contributed by atoms with E-state index in [2.05, 4.69) is 10.4 Å². The Morgan fingerprint density at radius 2 is 2.00 bits per heavy atom. The summed E-state index contributed by atoms with van der Waals surface area (Å²) in [5.41, 5.74) is 1.94. The van der Waals surface area contributed by atoms with Crippen LogP contribution in [0.2, 0.25) is 0 Å². The lowest BCUT2D eigenvalue weighted by atomic mass is 10.2. The maximum absolute atomic E-state index is 12.2. The van der Waals surface area contributed by atoms with E-state index in [4.69, 9.17) is 5.14 Å². The van der Waals surface area contributed by atoms with Gasteiger partial charge in [-0.15, -0.1) is 0 Å². The van der Waals surface area contributed by atoms with Crippen LogP contribution in [0.15, 0.2) is 29.3 Å². The molecule has 2 aromatic rings. The molecular weight excluding hydrogens is 292 g/mol. The third kappa shape index (κ3) is 2.96. The molecule has 1 aromatic carbocycles. The molecule has 0 atom stereocenters. The van der Waals surface area contributed by atoms with Crippen molar-refractivity contribution in [2.75, 3.05) is 5.32 Å². The zero-order valence-corrected chi connectivity index (χ0v) is 12.7. The van der Waals surface area contributed by atoms with Gasteiger partial charge in [0, 0.05) is 18.4 Å². The second-order valence-corrected chi connectivity index (χ2v) is 6.22. The fourth-order valence-corrected chi connectivity index (χ4v) is 2.77. The van der Waals surface area contributed by atoms with E-state index >= 15 is 0 Å². The van der Waals surface area contributed by atoms with Crippen LogP contribution in [0.4, 0.5) is 5.69 Å². The largest absolute Gasteiger partial charge is 0.322 e. The topological polar surface area (TPSA) is 107 Å². The predicted octanol–water partition coefficient (Wildman–Crippen LogP) is 0.937. The van der Waals surface area contributed by atoms with Crippen LogP contribution in [0.1, 0.15) is 21.6 Å². The lowest BCUT2D eigenvalue weighted by Crippen LogP contribution is -2.17. The molecule has 0 aliphatic rings. The summed E-state index contributed by atoms with van der Waals surface area (Å²) in [5, 5.41) is 11.8. The highest BCUT2D eigenvalue weighted by atomic mass is 32.2. The highest BCUT2D eigenvalue weighted by Gasteiger charge is 2.17. The number of hydrogen-bond donors (Lipinski definition) is 2. The van der Waals surface area contributed by atoms with Gasteiger partial charge in [0.1, 0.15) is 0 Å². The number of rotatable bonds is 3. The van der Waals surface area contributed by atoms with E-state index in [0.717, 1.165) is 0 Å². The first kappa shape index (κ1) is 15.2. The molecule has 21 heavy (non-hydrogen) atoms. The van der Waals surface area contributed by atoms with Gasteiger partial charge in [0.25, 0.3) is 5.91 Å². The van der Waals surface area contributed by atoms with Crippen molar-refractivity contribution in [2.45, 2.75) is 18.7 Å². The van der Waals surface area contributed by atoms with Crippen molar-refractivity contribution < 1.29 is 13.2 Å². The number of primary sulfonamides is 1. The van der Waals surface area contributed by atoms with Gasteiger partial charge in [0.15, 0.2) is 0 Å². The lowest BCUT2D eigenvalue weighted by molar-refractivity contribution is 0.102. The van der Waals surface area contributed by atoms with Crippen LogP contribution in [0.5, 0.6) is 0 Å². The van der Waals surface area contributed by atoms with Crippen molar-refractivity contribution in [1.29, 1.82) is 0 Å². The fraction of sp³-hybridized carbons (Fsp3) is 0.231. The number of carbonyl (C=O) groups excluding carboxylic acids is 1. The number of nitrogens with one attached hydrogen (secondary N) is 1. The summed E-state index contributed by atoms with van der Waals surface area (Å²) in [6.07, 6.45) is 1.46. The van der Waals surface area contributed by atoms with E-state index in [9.17, 15) is 13.2 Å². The molecular formula is C13H16N4O3S. The van der Waals surface area contributed by atoms with Gasteiger partial charge in [-0.1, -0.05) is 6.07 Å². The van der Waals surface area contributed by atoms with Crippen LogP contribution in [0, 0.1) is 13.8 Å². The number of amides is 1. The molecule has 1 heterocycles. The molecule has 0 bridgehead atoms. The first-order chi connectivity index (χ1) is 9.71. The molecule has 0 fully saturated rings. The second kappa shape index (κ2) is 5.30. The average molecular weight is 308 g/mol. The number of aryl methyl sites for hydroxylation is 1. The minimum atomic E-state index is -3.83. The summed E-state index contributed by atoms with van der Waals surface area (Å²) >= 11 is 0. The summed E-state index contributed by atoms with van der Waals surface area (Å²) in [7, 11) is -2.09. The molecule has 112 valence electrons. The molecule has 3 N–H and O–H groups in total. The van der Waals surface area contributed by atoms with Gasteiger partial charge in [-0.3, -0.25) is 9.48 Å². The smallest absolute Gasteiger partial charge is 0.259 e. The number of sulfonamides is 1. The number of carbonyl (C=O) groups is 1. The Morgan fingerprint density at radius 1 is 1.33 bits per heavy atom. The Morgan fingerprint density at radius 3 is 2.52 bits per heavy atom. The van der Waals surface area contributed by atoms with Crippen LogP contribution in [-0.4, -0.2) is 24.1 Å². The van der Waals surface area contributed by atoms with Gasteiger partial charge in [-0.2, -0.15) is 5.10 Å². The minimum Gasteiger partial charge on any atom is -0.322 e. The maximum atomic E-state index is 12.2. The summed E-state index contributed by atoms with van der Waals surface area (Å²) in [6, 6.07) is 4.54. The molecule has 0 aliphatic heterocycles. The van der Waals surface area contributed by atoms with Crippen molar-refractivity contribution in [2.24, 2.45) is 12.2 Å². The summed E-state index contributed by atoms with van der Waals surface area (Å²) in [5.74, 6) is -0.352. The van der Waals surface area contributed by atoms with E-state index in [-0.39, 0.29) is 10.8 Å². The number of benzene rings is 1. The molecule has 0 saturated carbocycles. The van der Waals surface area contributed by atoms with E-state index in [1.165, 1.54) is 18.3 Å². The third-order valence-corrected chi connectivity index (χ3v) is 4.37. The standard InChI is InChI=1S/C13H16N4O3S/c1-8-11(5-4-6-12(8)21(14,19)20)16-13(18)10-7-15-17(3)9(10)2/h4-7H,1-3H3,(H,16,18)(H2,14,19,20). The van der Waals surface area contributed by atoms with Crippen LogP contribution < -0.4 is 10.5 Å². The van der Waals surface area contributed by atoms with Crippen molar-refractivity contribution in [3.8, 4) is 0 Å². The Bertz CT molecular complexity index is 809. The monoisotopic (exact) mass is 308 g/mol. The third-order valence-electron chi connectivity index (χ3n) is 3.32. The molecule has 0 aliphatic carbocycles. The van der Waals surface area contributed by atoms with Crippen molar-refractivity contribution in [3.05, 3.63) is 41.2 Å². The van der Waals surface area contributed by atoms with Crippen molar-refractivity contribution >= 4 is 21.6 Å². The zero-order chi connectivity index (χ0) is 15.8. The summed E-state index contributed by atoms with van der Waals surface area (Å²) in [4.78, 5) is 12.2. The SMILES string of the molecule is Cc1c(NC(=O)c2cnn(C)c2C)cccc1S(N)(=O)=O. The van der Waals surface area contributed by atoms with Crippen LogP contribution in [0.25, 0.3) is 0 Å². The van der Waals surface area contributed by atoms with E-state index < -0.39 is 10.0 Å². The molecule has 8 heteroatoms. The predicted molar refractivity (Wildman–Crippen MR) is 78.5 cm³/mol. The molecule has 7 nitrogen and oxygen atoms in total. The first-order valence-electron chi connectivity index (χ1n) is 6.14. The summed E-state index contributed by atoms with van der Waals surface area (Å²) < 4.78 is 24.5. The molecule has 0 radical (unpaired) electrons. The lowest BCUT2D eigenvalue weighted by Gasteiger charge is -2.11. The van der Waals surface area contributed by atoms with Gasteiger partial charge in [0.05, 0.1) is 16.7 Å². The van der Waals surface area contributed by atoms with Gasteiger partial charge in [0.2, 0.25) is 10.0 Å². The molecule has 0 saturated heterocycles. The number of hydrogen-bond acceptors (Lipinski definition) is 4. The van der Waals surface area contributed by atoms with Crippen LogP contribution >= 0.6 is 0 Å². The van der Waals surface area contributed by atoms with Crippen molar-refractivity contribution in [1.82, 2.24) is 9.78 Å². The second-order valence-electron chi connectivity index (χ2n) is 4.70. The number of nitrogens with two attached hydrogens (primary N) is 1. The quantitative estimate of drug-likeness (QED) is 0.879. The highest BCUT2D eigenvalue weighted by Crippen LogP contribution is 2.22. The Kier molecular flexibility index (Phi) is 3.84. The zero-order valence-electron chi connectivity index (χ0n) is 11.9. The highest BCUT2D eigenvalue weighted by molar-refractivity contribution is 7.89. The van der Waals surface area contributed by atoms with Crippen molar-refractivity contribution in [3.63, 3.8) is 0 Å². The van der Waals surface area contributed by atoms with E-state index in [0.29, 0.717) is 22.5 Å². The van der Waals surface area contributed by atoms with Gasteiger partial charge in [-0.25, -0.2) is 13.6 Å². The average Bonchev–Trinajstić information content (AvgIpc) is 2.71. The van der Waals surface area contributed by atoms with E-state index in [1.54, 1.807) is 31.6 Å². The fourth-order valence-electron chi connectivity index (χ4n) is 1.97. The van der Waals surface area contributed by atoms with Gasteiger partial charge < -0.3 is 5.32 Å². The molecule has 1 aromatic heterocycles. The normalized spacial score (nSPS) is 11.4. The number of anilines is 1. The molecule has 1 amide bonds. The molecule has 2 rings (SSSR count). The number of aromatic nitrogens is 2. The minimum absolute atomic E-state index is 0.0109. The summed E-state index contributed by atoms with van der Waals surface area (Å²) in [6.45, 7) is 3.36. The Labute approximate surface area is 122 Å². The van der Waals surface area contributed by atoms with E-state index in [1.807, 2.05) is 0 Å². The van der Waals surface area contributed by atoms with Crippen LogP contribution in [0.3, 0.4) is 0 Å².